The van der Waals surface area contributed by atoms with Gasteiger partial charge in [0.25, 0.3) is 0 Å². The Morgan fingerprint density at radius 3 is 1.46 bits per heavy atom. The fourth-order valence-electron chi connectivity index (χ4n) is 4.30. The molecule has 0 aliphatic heterocycles. The summed E-state index contributed by atoms with van der Waals surface area (Å²) in [5.74, 6) is 11.5. The molecule has 240 valence electrons. The molecule has 0 amide bonds. The fourth-order valence-corrected chi connectivity index (χ4v) is 4.30. The topological polar surface area (TPSA) is 88.1 Å². The van der Waals surface area contributed by atoms with E-state index in [4.69, 9.17) is 18.9 Å². The van der Waals surface area contributed by atoms with Gasteiger partial charge in [0.2, 0.25) is 0 Å². The maximum atomic E-state index is 12.6. The van der Waals surface area contributed by atoms with E-state index in [1.807, 2.05) is 72.8 Å². The minimum atomic E-state index is -0.523. The number of hydrogen-bond donors (Lipinski definition) is 0. The molecule has 0 aliphatic carbocycles. The van der Waals surface area contributed by atoms with E-state index in [2.05, 4.69) is 36.8 Å². The van der Waals surface area contributed by atoms with Crippen LogP contribution in [0.2, 0.25) is 0 Å². The molecule has 0 aromatic heterocycles. The summed E-state index contributed by atoms with van der Waals surface area (Å²) in [6.07, 6.45) is 3.49. The van der Waals surface area contributed by atoms with Gasteiger partial charge in [0.1, 0.15) is 17.9 Å². The van der Waals surface area contributed by atoms with Crippen molar-refractivity contribution in [3.63, 3.8) is 0 Å². The van der Waals surface area contributed by atoms with E-state index in [1.165, 1.54) is 7.11 Å². The molecule has 0 atom stereocenters. The van der Waals surface area contributed by atoms with Gasteiger partial charge >= 0.3 is 17.9 Å². The zero-order valence-corrected chi connectivity index (χ0v) is 26.6. The van der Waals surface area contributed by atoms with Gasteiger partial charge in [-0.05, 0) is 71.3 Å². The summed E-state index contributed by atoms with van der Waals surface area (Å²) < 4.78 is 21.0. The van der Waals surface area contributed by atoms with Crippen molar-refractivity contribution in [3.05, 3.63) is 161 Å². The van der Waals surface area contributed by atoms with Crippen molar-refractivity contribution in [3.8, 4) is 29.4 Å². The van der Waals surface area contributed by atoms with Crippen molar-refractivity contribution in [1.29, 1.82) is 0 Å². The zero-order chi connectivity index (χ0) is 34.1. The second-order valence-corrected chi connectivity index (χ2v) is 10.3. The quantitative estimate of drug-likeness (QED) is 0.0769. The van der Waals surface area contributed by atoms with Crippen molar-refractivity contribution >= 4 is 17.9 Å². The van der Waals surface area contributed by atoms with Crippen LogP contribution in [0.5, 0.6) is 5.75 Å². The first-order valence-electron chi connectivity index (χ1n) is 15.1. The normalized spacial score (nSPS) is 9.85. The Balaban J connectivity index is 1.33. The third-order valence-electron chi connectivity index (χ3n) is 6.95. The second kappa shape index (κ2) is 18.0. The first-order valence-corrected chi connectivity index (χ1v) is 15.1. The minimum absolute atomic E-state index is 0.242. The average Bonchev–Trinajstić information content (AvgIpc) is 3.13. The molecule has 7 nitrogen and oxygen atoms in total. The average molecular weight is 639 g/mol. The lowest BCUT2D eigenvalue weighted by Gasteiger charge is -2.11. The standard InChI is InChI=1S/C41H34O7/c1-4-39(42)46-26-24-33-12-8-30(9-13-33)6-7-32-17-20-36(21-18-32)29-48-38-23-22-35(28-37(38)41(44)45-3)19-16-31-10-14-34(15-11-31)25-27-47-40(43)5-2/h4-5,8-15,17-18,20-23,28H,1-2,24-27,29H2,3H3. The Hall–Kier alpha value is -6.31. The van der Waals surface area contributed by atoms with E-state index in [0.29, 0.717) is 30.8 Å². The van der Waals surface area contributed by atoms with Crippen molar-refractivity contribution in [1.82, 2.24) is 0 Å². The number of esters is 3. The van der Waals surface area contributed by atoms with Crippen LogP contribution >= 0.6 is 0 Å². The molecule has 0 N–H and O–H groups in total. The van der Waals surface area contributed by atoms with Crippen LogP contribution in [-0.4, -0.2) is 38.2 Å². The molecule has 4 aromatic carbocycles. The summed E-state index contributed by atoms with van der Waals surface area (Å²) in [5, 5.41) is 0. The lowest BCUT2D eigenvalue weighted by atomic mass is 10.1. The second-order valence-electron chi connectivity index (χ2n) is 10.3. The number of carbonyl (C=O) groups is 3. The van der Waals surface area contributed by atoms with Gasteiger partial charge in [0, 0.05) is 47.2 Å². The van der Waals surface area contributed by atoms with Gasteiger partial charge in [-0.15, -0.1) is 0 Å². The molecule has 4 aromatic rings. The summed E-state index contributed by atoms with van der Waals surface area (Å²) in [6.45, 7) is 7.58. The number of rotatable bonds is 12. The minimum Gasteiger partial charge on any atom is -0.488 e. The van der Waals surface area contributed by atoms with E-state index in [-0.39, 0.29) is 18.8 Å². The van der Waals surface area contributed by atoms with Crippen molar-refractivity contribution in [2.45, 2.75) is 19.4 Å². The Labute approximate surface area is 280 Å². The lowest BCUT2D eigenvalue weighted by molar-refractivity contribution is -0.138. The molecule has 48 heavy (non-hydrogen) atoms. The summed E-state index contributed by atoms with van der Waals surface area (Å²) in [5.41, 5.74) is 6.40. The largest absolute Gasteiger partial charge is 0.488 e. The molecule has 7 heteroatoms. The summed E-state index contributed by atoms with van der Waals surface area (Å²) >= 11 is 0. The number of carbonyl (C=O) groups excluding carboxylic acids is 3. The van der Waals surface area contributed by atoms with Gasteiger partial charge in [0.05, 0.1) is 20.3 Å². The molecule has 0 radical (unpaired) electrons. The summed E-state index contributed by atoms with van der Waals surface area (Å²) in [7, 11) is 1.32. The Morgan fingerprint density at radius 2 is 1.02 bits per heavy atom. The maximum Gasteiger partial charge on any atom is 0.341 e. The molecule has 0 unspecified atom stereocenters. The predicted octanol–water partition coefficient (Wildman–Crippen LogP) is 6.40. The molecule has 0 bridgehead atoms. The van der Waals surface area contributed by atoms with Crippen LogP contribution < -0.4 is 4.74 Å². The summed E-state index contributed by atoms with van der Waals surface area (Å²) in [6, 6.07) is 28.3. The van der Waals surface area contributed by atoms with Crippen molar-refractivity contribution in [2.24, 2.45) is 0 Å². The first-order chi connectivity index (χ1) is 23.4. The monoisotopic (exact) mass is 638 g/mol. The van der Waals surface area contributed by atoms with Crippen LogP contribution in [0.25, 0.3) is 0 Å². The van der Waals surface area contributed by atoms with Crippen LogP contribution in [0.15, 0.2) is 116 Å². The van der Waals surface area contributed by atoms with Gasteiger partial charge in [-0.1, -0.05) is 73.2 Å². The van der Waals surface area contributed by atoms with Gasteiger partial charge < -0.3 is 18.9 Å². The number of benzene rings is 4. The highest BCUT2D eigenvalue weighted by Gasteiger charge is 2.14. The van der Waals surface area contributed by atoms with Crippen LogP contribution in [0.3, 0.4) is 0 Å². The van der Waals surface area contributed by atoms with Gasteiger partial charge in [-0.25, -0.2) is 14.4 Å². The predicted molar refractivity (Wildman–Crippen MR) is 183 cm³/mol. The van der Waals surface area contributed by atoms with E-state index < -0.39 is 17.9 Å². The third kappa shape index (κ3) is 10.9. The maximum absolute atomic E-state index is 12.6. The highest BCUT2D eigenvalue weighted by atomic mass is 16.5. The molecule has 0 fully saturated rings. The fraction of sp³-hybridized carbons (Fsp3) is 0.146. The van der Waals surface area contributed by atoms with Crippen LogP contribution in [0, 0.1) is 23.7 Å². The van der Waals surface area contributed by atoms with Gasteiger partial charge in [0.15, 0.2) is 0 Å². The summed E-state index contributed by atoms with van der Waals surface area (Å²) in [4.78, 5) is 34.9. The molecular formula is C41H34O7. The van der Waals surface area contributed by atoms with E-state index in [9.17, 15) is 14.4 Å². The zero-order valence-electron chi connectivity index (χ0n) is 26.6. The highest BCUT2D eigenvalue weighted by Crippen LogP contribution is 2.23. The molecular weight excluding hydrogens is 604 g/mol. The van der Waals surface area contributed by atoms with Crippen LogP contribution in [-0.2, 0) is 43.2 Å². The smallest absolute Gasteiger partial charge is 0.341 e. The van der Waals surface area contributed by atoms with Crippen molar-refractivity contribution < 1.29 is 33.3 Å². The number of ether oxygens (including phenoxy) is 4. The van der Waals surface area contributed by atoms with E-state index in [0.717, 1.165) is 45.5 Å². The first kappa shape index (κ1) is 34.6. The molecule has 0 heterocycles. The van der Waals surface area contributed by atoms with Crippen molar-refractivity contribution in [2.75, 3.05) is 20.3 Å². The van der Waals surface area contributed by atoms with Gasteiger partial charge in [-0.3, -0.25) is 0 Å². The molecule has 0 saturated heterocycles. The van der Waals surface area contributed by atoms with E-state index >= 15 is 0 Å². The van der Waals surface area contributed by atoms with Crippen LogP contribution in [0.1, 0.15) is 49.3 Å². The van der Waals surface area contributed by atoms with Gasteiger partial charge in [-0.2, -0.15) is 0 Å². The van der Waals surface area contributed by atoms with Crippen LogP contribution in [0.4, 0.5) is 0 Å². The Morgan fingerprint density at radius 1 is 0.604 bits per heavy atom. The molecule has 0 aliphatic rings. The molecule has 4 rings (SSSR count). The third-order valence-corrected chi connectivity index (χ3v) is 6.95. The number of methoxy groups -OCH3 is 1. The highest BCUT2D eigenvalue weighted by molar-refractivity contribution is 5.93. The Bertz CT molecular complexity index is 1880. The molecule has 0 saturated carbocycles. The number of hydrogen-bond acceptors (Lipinski definition) is 7. The van der Waals surface area contributed by atoms with E-state index in [1.54, 1.807) is 18.2 Å². The molecule has 0 spiro atoms. The lowest BCUT2D eigenvalue weighted by Crippen LogP contribution is -2.06. The SMILES string of the molecule is C=CC(=O)OCCc1ccc(C#Cc2ccc(COc3ccc(C#Cc4ccc(CCOC(=O)C=C)cc4)cc3C(=O)OC)cc2)cc1. The Kier molecular flexibility index (Phi) is 13.0.